The molecule has 148 valence electrons. The van der Waals surface area contributed by atoms with Crippen LogP contribution in [0.1, 0.15) is 32.2 Å². The van der Waals surface area contributed by atoms with Gasteiger partial charge in [0.15, 0.2) is 0 Å². The van der Waals surface area contributed by atoms with Crippen LogP contribution in [0, 0.1) is 17.0 Å². The van der Waals surface area contributed by atoms with Gasteiger partial charge in [0.2, 0.25) is 0 Å². The Balaban J connectivity index is 1.84. The topological polar surface area (TPSA) is 135 Å². The monoisotopic (exact) mass is 389 g/mol. The SMILES string of the molecule is Cc1oc(CNC(=O)c2cccc([N+](=O)[O-])c2N2CCOCC2)cc1C(=O)O. The second kappa shape index (κ2) is 8.09. The van der Waals surface area contributed by atoms with E-state index in [2.05, 4.69) is 5.32 Å². The molecule has 0 aliphatic carbocycles. The summed E-state index contributed by atoms with van der Waals surface area (Å²) in [5.41, 5.74) is 0.276. The Morgan fingerprint density at radius 2 is 2.00 bits per heavy atom. The van der Waals surface area contributed by atoms with Gasteiger partial charge in [-0.3, -0.25) is 14.9 Å². The van der Waals surface area contributed by atoms with Crippen molar-refractivity contribution in [1.29, 1.82) is 0 Å². The van der Waals surface area contributed by atoms with Crippen molar-refractivity contribution in [1.82, 2.24) is 5.32 Å². The lowest BCUT2D eigenvalue weighted by Crippen LogP contribution is -2.38. The largest absolute Gasteiger partial charge is 0.478 e. The normalized spacial score (nSPS) is 14.0. The molecule has 1 amide bonds. The first kappa shape index (κ1) is 19.4. The molecule has 1 aliphatic rings. The minimum atomic E-state index is -1.12. The Morgan fingerprint density at radius 1 is 1.29 bits per heavy atom. The number of nitrogens with zero attached hydrogens (tertiary/aromatic N) is 2. The molecule has 1 aliphatic heterocycles. The summed E-state index contributed by atoms with van der Waals surface area (Å²) in [5, 5.41) is 23.2. The smallest absolute Gasteiger partial charge is 0.339 e. The molecule has 10 heteroatoms. The van der Waals surface area contributed by atoms with Crippen LogP contribution >= 0.6 is 0 Å². The lowest BCUT2D eigenvalue weighted by molar-refractivity contribution is -0.384. The fraction of sp³-hybridized carbons (Fsp3) is 0.333. The number of benzene rings is 1. The van der Waals surface area contributed by atoms with Gasteiger partial charge in [-0.2, -0.15) is 0 Å². The summed E-state index contributed by atoms with van der Waals surface area (Å²) in [5.74, 6) is -1.12. The summed E-state index contributed by atoms with van der Waals surface area (Å²) < 4.78 is 10.6. The van der Waals surface area contributed by atoms with E-state index in [0.29, 0.717) is 26.3 Å². The summed E-state index contributed by atoms with van der Waals surface area (Å²) in [6, 6.07) is 5.67. The molecule has 0 bridgehead atoms. The summed E-state index contributed by atoms with van der Waals surface area (Å²) in [6.45, 7) is 3.17. The van der Waals surface area contributed by atoms with Gasteiger partial charge in [-0.1, -0.05) is 6.07 Å². The molecule has 0 spiro atoms. The van der Waals surface area contributed by atoms with Gasteiger partial charge in [-0.05, 0) is 19.1 Å². The molecule has 2 aromatic rings. The van der Waals surface area contributed by atoms with Crippen LogP contribution in [-0.2, 0) is 11.3 Å². The Bertz CT molecular complexity index is 916. The number of hydrogen-bond acceptors (Lipinski definition) is 7. The van der Waals surface area contributed by atoms with Gasteiger partial charge in [0.25, 0.3) is 11.6 Å². The van der Waals surface area contributed by atoms with Crippen LogP contribution in [0.15, 0.2) is 28.7 Å². The quantitative estimate of drug-likeness (QED) is 0.565. The third kappa shape index (κ3) is 3.96. The number of rotatable bonds is 6. The maximum Gasteiger partial charge on any atom is 0.339 e. The first-order valence-electron chi connectivity index (χ1n) is 8.59. The number of ether oxygens (including phenoxy) is 1. The van der Waals surface area contributed by atoms with E-state index in [1.807, 2.05) is 0 Å². The fourth-order valence-corrected chi connectivity index (χ4v) is 3.09. The Labute approximate surface area is 159 Å². The highest BCUT2D eigenvalue weighted by Crippen LogP contribution is 2.32. The number of morpholine rings is 1. The van der Waals surface area contributed by atoms with Crippen LogP contribution in [0.4, 0.5) is 11.4 Å². The van der Waals surface area contributed by atoms with Gasteiger partial charge in [0.1, 0.15) is 22.8 Å². The van der Waals surface area contributed by atoms with Crippen molar-refractivity contribution >= 4 is 23.3 Å². The van der Waals surface area contributed by atoms with Crippen LogP contribution in [0.5, 0.6) is 0 Å². The van der Waals surface area contributed by atoms with Crippen LogP contribution in [0.2, 0.25) is 0 Å². The molecule has 1 aromatic carbocycles. The lowest BCUT2D eigenvalue weighted by Gasteiger charge is -2.29. The second-order valence-corrected chi connectivity index (χ2v) is 6.20. The zero-order chi connectivity index (χ0) is 20.3. The molecule has 0 saturated carbocycles. The second-order valence-electron chi connectivity index (χ2n) is 6.20. The summed E-state index contributed by atoms with van der Waals surface area (Å²) >= 11 is 0. The number of amides is 1. The van der Waals surface area contributed by atoms with Crippen LogP contribution < -0.4 is 10.2 Å². The number of nitrogens with one attached hydrogen (secondary N) is 1. The van der Waals surface area contributed by atoms with Crippen molar-refractivity contribution in [2.45, 2.75) is 13.5 Å². The molecule has 1 fully saturated rings. The maximum atomic E-state index is 12.7. The van der Waals surface area contributed by atoms with E-state index in [9.17, 15) is 19.7 Å². The van der Waals surface area contributed by atoms with Gasteiger partial charge in [0, 0.05) is 19.2 Å². The third-order valence-electron chi connectivity index (χ3n) is 4.41. The molecular formula is C18H19N3O7. The molecule has 0 atom stereocenters. The molecule has 1 aromatic heterocycles. The van der Waals surface area contributed by atoms with Crippen molar-refractivity contribution in [2.75, 3.05) is 31.2 Å². The minimum absolute atomic E-state index is 0.0219. The Kier molecular flexibility index (Phi) is 5.59. The first-order chi connectivity index (χ1) is 13.4. The highest BCUT2D eigenvalue weighted by Gasteiger charge is 2.27. The molecule has 28 heavy (non-hydrogen) atoms. The van der Waals surface area contributed by atoms with Crippen LogP contribution in [-0.4, -0.2) is 48.2 Å². The molecule has 2 N–H and O–H groups in total. The van der Waals surface area contributed by atoms with E-state index in [4.69, 9.17) is 14.3 Å². The number of aryl methyl sites for hydroxylation is 1. The minimum Gasteiger partial charge on any atom is -0.478 e. The van der Waals surface area contributed by atoms with Crippen molar-refractivity contribution < 1.29 is 28.8 Å². The van der Waals surface area contributed by atoms with Gasteiger partial charge in [-0.25, -0.2) is 4.79 Å². The fourth-order valence-electron chi connectivity index (χ4n) is 3.09. The molecular weight excluding hydrogens is 370 g/mol. The van der Waals surface area contributed by atoms with E-state index in [0.717, 1.165) is 0 Å². The lowest BCUT2D eigenvalue weighted by atomic mass is 10.1. The van der Waals surface area contributed by atoms with Gasteiger partial charge in [-0.15, -0.1) is 0 Å². The number of nitro groups is 1. The number of nitro benzene ring substituents is 1. The summed E-state index contributed by atoms with van der Waals surface area (Å²) in [4.78, 5) is 36.5. The summed E-state index contributed by atoms with van der Waals surface area (Å²) in [7, 11) is 0. The number of carbonyl (C=O) groups is 2. The zero-order valence-corrected chi connectivity index (χ0v) is 15.1. The van der Waals surface area contributed by atoms with E-state index in [1.54, 1.807) is 4.90 Å². The maximum absolute atomic E-state index is 12.7. The van der Waals surface area contributed by atoms with Crippen molar-refractivity contribution in [2.24, 2.45) is 0 Å². The van der Waals surface area contributed by atoms with Gasteiger partial charge >= 0.3 is 5.97 Å². The number of para-hydroxylation sites is 1. The van der Waals surface area contributed by atoms with Crippen molar-refractivity contribution in [3.8, 4) is 0 Å². The number of carbonyl (C=O) groups excluding carboxylic acids is 1. The van der Waals surface area contributed by atoms with Crippen LogP contribution in [0.25, 0.3) is 0 Å². The van der Waals surface area contributed by atoms with E-state index in [-0.39, 0.29) is 40.6 Å². The van der Waals surface area contributed by atoms with E-state index in [1.165, 1.54) is 31.2 Å². The summed E-state index contributed by atoms with van der Waals surface area (Å²) in [6.07, 6.45) is 0. The average molecular weight is 389 g/mol. The highest BCUT2D eigenvalue weighted by molar-refractivity contribution is 6.02. The number of aromatic carboxylic acids is 1. The molecule has 0 radical (unpaired) electrons. The van der Waals surface area contributed by atoms with Crippen molar-refractivity contribution in [3.05, 3.63) is 57.0 Å². The number of carboxylic acids is 1. The first-order valence-corrected chi connectivity index (χ1v) is 8.59. The Hall–Kier alpha value is -3.40. The predicted octanol–water partition coefficient (Wildman–Crippen LogP) is 1.96. The van der Waals surface area contributed by atoms with E-state index < -0.39 is 16.8 Å². The van der Waals surface area contributed by atoms with Crippen molar-refractivity contribution in [3.63, 3.8) is 0 Å². The molecule has 2 heterocycles. The number of furan rings is 1. The van der Waals surface area contributed by atoms with Gasteiger partial charge < -0.3 is 24.5 Å². The number of carboxylic acid groups (broad SMARTS) is 1. The number of hydrogen-bond donors (Lipinski definition) is 2. The van der Waals surface area contributed by atoms with E-state index >= 15 is 0 Å². The predicted molar refractivity (Wildman–Crippen MR) is 97.7 cm³/mol. The third-order valence-corrected chi connectivity index (χ3v) is 4.41. The molecule has 10 nitrogen and oxygen atoms in total. The molecule has 3 rings (SSSR count). The number of anilines is 1. The van der Waals surface area contributed by atoms with Gasteiger partial charge in [0.05, 0.1) is 30.2 Å². The standard InChI is InChI=1S/C18H19N3O7/c1-11-14(18(23)24)9-12(28-11)10-19-17(22)13-3-2-4-15(21(25)26)16(13)20-5-7-27-8-6-20/h2-4,9H,5-8,10H2,1H3,(H,19,22)(H,23,24). The average Bonchev–Trinajstić information content (AvgIpc) is 3.07. The molecule has 1 saturated heterocycles. The molecule has 0 unspecified atom stereocenters. The highest BCUT2D eigenvalue weighted by atomic mass is 16.6. The van der Waals surface area contributed by atoms with Crippen LogP contribution in [0.3, 0.4) is 0 Å². The zero-order valence-electron chi connectivity index (χ0n) is 15.1. The Morgan fingerprint density at radius 3 is 2.61 bits per heavy atom.